The monoisotopic (exact) mass is 304 g/mol. The number of rotatable bonds is 0. The Morgan fingerprint density at radius 1 is 1.14 bits per heavy atom. The van der Waals surface area contributed by atoms with Crippen molar-refractivity contribution in [3.8, 4) is 0 Å². The van der Waals surface area contributed by atoms with E-state index in [1.165, 1.54) is 24.0 Å². The maximum atomic E-state index is 10.8. The molecule has 2 heteroatoms. The van der Waals surface area contributed by atoms with Gasteiger partial charge in [0.1, 0.15) is 6.10 Å². The number of aliphatic hydroxyl groups is 2. The van der Waals surface area contributed by atoms with E-state index in [-0.39, 0.29) is 5.41 Å². The van der Waals surface area contributed by atoms with E-state index in [1.54, 1.807) is 0 Å². The van der Waals surface area contributed by atoms with Crippen molar-refractivity contribution >= 4 is 0 Å². The van der Waals surface area contributed by atoms with Gasteiger partial charge in [-0.3, -0.25) is 0 Å². The number of hydrogen-bond acceptors (Lipinski definition) is 2. The molecule has 0 aromatic heterocycles. The van der Waals surface area contributed by atoms with E-state index in [4.69, 9.17) is 0 Å². The summed E-state index contributed by atoms with van der Waals surface area (Å²) in [7, 11) is 0. The van der Waals surface area contributed by atoms with Crippen LogP contribution in [0.25, 0.3) is 0 Å². The third-order valence-electron chi connectivity index (χ3n) is 7.03. The van der Waals surface area contributed by atoms with Crippen LogP contribution in [0.2, 0.25) is 0 Å². The fourth-order valence-corrected chi connectivity index (χ4v) is 5.49. The van der Waals surface area contributed by atoms with Crippen LogP contribution in [-0.2, 0) is 0 Å². The van der Waals surface area contributed by atoms with Crippen LogP contribution >= 0.6 is 0 Å². The van der Waals surface area contributed by atoms with Gasteiger partial charge in [-0.1, -0.05) is 31.1 Å². The summed E-state index contributed by atoms with van der Waals surface area (Å²) >= 11 is 0. The summed E-state index contributed by atoms with van der Waals surface area (Å²) < 4.78 is 0. The highest BCUT2D eigenvalue weighted by molar-refractivity contribution is 5.33. The highest BCUT2D eigenvalue weighted by Crippen LogP contribution is 2.59. The molecule has 0 aromatic rings. The minimum Gasteiger partial charge on any atom is -0.389 e. The second-order valence-corrected chi connectivity index (χ2v) is 8.40. The summed E-state index contributed by atoms with van der Waals surface area (Å²) in [6.45, 7) is 9.01. The van der Waals surface area contributed by atoms with Gasteiger partial charge in [0.25, 0.3) is 0 Å². The molecule has 3 aliphatic rings. The molecule has 2 bridgehead atoms. The van der Waals surface area contributed by atoms with Crippen LogP contribution in [0.3, 0.4) is 0 Å². The fraction of sp³-hybridized carbons (Fsp3) is 0.800. The maximum Gasteiger partial charge on any atom is 0.102 e. The fourth-order valence-electron chi connectivity index (χ4n) is 5.49. The molecule has 0 amide bonds. The number of allylic oxidation sites excluding steroid dienone is 3. The summed E-state index contributed by atoms with van der Waals surface area (Å²) in [5.41, 5.74) is 3.87. The molecule has 2 N–H and O–H groups in total. The van der Waals surface area contributed by atoms with Crippen LogP contribution in [0.1, 0.15) is 66.2 Å². The lowest BCUT2D eigenvalue weighted by molar-refractivity contribution is -0.0699. The van der Waals surface area contributed by atoms with Crippen molar-refractivity contribution in [2.75, 3.05) is 0 Å². The van der Waals surface area contributed by atoms with Crippen molar-refractivity contribution in [3.63, 3.8) is 0 Å². The van der Waals surface area contributed by atoms with Crippen LogP contribution < -0.4 is 0 Å². The topological polar surface area (TPSA) is 40.5 Å². The van der Waals surface area contributed by atoms with Crippen LogP contribution in [0.5, 0.6) is 0 Å². The molecule has 0 radical (unpaired) electrons. The van der Waals surface area contributed by atoms with Crippen LogP contribution in [0, 0.1) is 23.2 Å². The summed E-state index contributed by atoms with van der Waals surface area (Å²) in [4.78, 5) is 0. The molecule has 1 saturated carbocycles. The van der Waals surface area contributed by atoms with Gasteiger partial charge in [0.05, 0.1) is 6.10 Å². The predicted octanol–water partition coefficient (Wildman–Crippen LogP) is 4.23. The molecule has 0 saturated heterocycles. The number of hydrogen-bond donors (Lipinski definition) is 2. The molecule has 0 heterocycles. The Hall–Kier alpha value is -0.600. The van der Waals surface area contributed by atoms with E-state index < -0.39 is 12.2 Å². The van der Waals surface area contributed by atoms with Crippen molar-refractivity contribution in [2.45, 2.75) is 78.4 Å². The van der Waals surface area contributed by atoms with Gasteiger partial charge < -0.3 is 10.2 Å². The average molecular weight is 304 g/mol. The second kappa shape index (κ2) is 5.79. The highest BCUT2D eigenvalue weighted by Gasteiger charge is 2.55. The van der Waals surface area contributed by atoms with Gasteiger partial charge >= 0.3 is 0 Å². The Balaban J connectivity index is 2.09. The van der Waals surface area contributed by atoms with Crippen molar-refractivity contribution in [1.29, 1.82) is 0 Å². The molecule has 0 aliphatic heterocycles. The van der Waals surface area contributed by atoms with E-state index in [0.29, 0.717) is 17.8 Å². The Labute approximate surface area is 135 Å². The summed E-state index contributed by atoms with van der Waals surface area (Å²) in [5, 5.41) is 21.6. The van der Waals surface area contributed by atoms with E-state index in [1.807, 2.05) is 0 Å². The lowest BCUT2D eigenvalue weighted by Crippen LogP contribution is -2.50. The lowest BCUT2D eigenvalue weighted by Gasteiger charge is -2.47. The molecule has 1 fully saturated rings. The Morgan fingerprint density at radius 3 is 2.59 bits per heavy atom. The van der Waals surface area contributed by atoms with Crippen molar-refractivity contribution in [1.82, 2.24) is 0 Å². The van der Waals surface area contributed by atoms with Gasteiger partial charge in [0.15, 0.2) is 0 Å². The Bertz CT molecular complexity index is 504. The SMILES string of the molecule is CC1=CCC[C@H](C)CCC2=C(C)[C@@H]3[C@H]1CC[C@]3(C)[C@@H](O)[C@@H]2O. The molecule has 0 unspecified atom stereocenters. The minimum absolute atomic E-state index is 0.160. The van der Waals surface area contributed by atoms with Gasteiger partial charge in [-0.15, -0.1) is 0 Å². The molecule has 2 nitrogen and oxygen atoms in total. The first-order valence-corrected chi connectivity index (χ1v) is 9.08. The summed E-state index contributed by atoms with van der Waals surface area (Å²) in [6.07, 6.45) is 7.83. The molecular formula is C20H32O2. The molecule has 0 spiro atoms. The molecule has 124 valence electrons. The standard InChI is InChI=1S/C20H32O2/c1-12-6-5-7-13(2)15-10-11-20(4)17(15)14(3)16(9-8-12)18(21)19(20)22/h7,12,15,17-19,21-22H,5-6,8-11H2,1-4H3/t12-,15-,17+,18+,19-,20-/m0/s1. The largest absolute Gasteiger partial charge is 0.389 e. The van der Waals surface area contributed by atoms with Crippen LogP contribution in [0.15, 0.2) is 22.8 Å². The molecular weight excluding hydrogens is 272 g/mol. The third-order valence-corrected chi connectivity index (χ3v) is 7.03. The molecule has 0 aromatic carbocycles. The van der Waals surface area contributed by atoms with E-state index in [0.717, 1.165) is 31.3 Å². The first-order chi connectivity index (χ1) is 10.4. The second-order valence-electron chi connectivity index (χ2n) is 8.40. The van der Waals surface area contributed by atoms with E-state index in [9.17, 15) is 10.2 Å². The van der Waals surface area contributed by atoms with Crippen molar-refractivity contribution < 1.29 is 10.2 Å². The zero-order valence-corrected chi connectivity index (χ0v) is 14.6. The Kier molecular flexibility index (Phi) is 4.28. The molecule has 6 atom stereocenters. The lowest BCUT2D eigenvalue weighted by atomic mass is 9.61. The van der Waals surface area contributed by atoms with Crippen LogP contribution in [0.4, 0.5) is 0 Å². The molecule has 3 aliphatic carbocycles. The van der Waals surface area contributed by atoms with Crippen molar-refractivity contribution in [3.05, 3.63) is 22.8 Å². The molecule has 22 heavy (non-hydrogen) atoms. The quantitative estimate of drug-likeness (QED) is 0.658. The van der Waals surface area contributed by atoms with Gasteiger partial charge in [0.2, 0.25) is 0 Å². The zero-order valence-electron chi connectivity index (χ0n) is 14.6. The maximum absolute atomic E-state index is 10.8. The van der Waals surface area contributed by atoms with Gasteiger partial charge in [-0.25, -0.2) is 0 Å². The normalized spacial score (nSPS) is 46.3. The van der Waals surface area contributed by atoms with Crippen LogP contribution in [-0.4, -0.2) is 22.4 Å². The smallest absolute Gasteiger partial charge is 0.102 e. The average Bonchev–Trinajstić information content (AvgIpc) is 2.83. The molecule has 3 rings (SSSR count). The predicted molar refractivity (Wildman–Crippen MR) is 90.4 cm³/mol. The summed E-state index contributed by atoms with van der Waals surface area (Å²) in [6, 6.07) is 0. The summed E-state index contributed by atoms with van der Waals surface area (Å²) in [5.74, 6) is 1.64. The van der Waals surface area contributed by atoms with E-state index >= 15 is 0 Å². The third kappa shape index (κ3) is 2.39. The first kappa shape index (κ1) is 16.3. The van der Waals surface area contributed by atoms with Gasteiger partial charge in [-0.2, -0.15) is 0 Å². The minimum atomic E-state index is -0.655. The number of aliphatic hydroxyl groups excluding tert-OH is 2. The zero-order chi connectivity index (χ0) is 16.1. The Morgan fingerprint density at radius 2 is 1.86 bits per heavy atom. The van der Waals surface area contributed by atoms with Gasteiger partial charge in [-0.05, 0) is 75.7 Å². The van der Waals surface area contributed by atoms with Gasteiger partial charge in [0, 0.05) is 5.41 Å². The highest BCUT2D eigenvalue weighted by atomic mass is 16.3. The van der Waals surface area contributed by atoms with E-state index in [2.05, 4.69) is 33.8 Å². The first-order valence-electron chi connectivity index (χ1n) is 9.08. The van der Waals surface area contributed by atoms with Crippen molar-refractivity contribution in [2.24, 2.45) is 23.2 Å².